The lowest BCUT2D eigenvalue weighted by molar-refractivity contribution is 0.0525. The maximum Gasteiger partial charge on any atom is 0.341 e. The molecule has 0 aliphatic carbocycles. The summed E-state index contributed by atoms with van der Waals surface area (Å²) in [6.45, 7) is 3.27. The lowest BCUT2D eigenvalue weighted by Crippen LogP contribution is -2.41. The summed E-state index contributed by atoms with van der Waals surface area (Å²) in [5.74, 6) is -0.455. The maximum absolute atomic E-state index is 13.2. The van der Waals surface area contributed by atoms with Crippen molar-refractivity contribution in [2.75, 3.05) is 19.7 Å². The molecule has 0 radical (unpaired) electrons. The average Bonchev–Trinajstić information content (AvgIpc) is 3.46. The van der Waals surface area contributed by atoms with E-state index in [4.69, 9.17) is 4.74 Å². The highest BCUT2D eigenvalue weighted by Crippen LogP contribution is 2.24. The molecule has 1 aliphatic heterocycles. The second-order valence-electron chi connectivity index (χ2n) is 6.81. The predicted octanol–water partition coefficient (Wildman–Crippen LogP) is 2.12. The minimum Gasteiger partial charge on any atom is -0.462 e. The number of aromatic nitrogens is 5. The zero-order chi connectivity index (χ0) is 20.2. The molecule has 3 aromatic rings. The van der Waals surface area contributed by atoms with Gasteiger partial charge in [-0.15, -0.1) is 0 Å². The molecule has 1 amide bonds. The van der Waals surface area contributed by atoms with Crippen molar-refractivity contribution in [2.24, 2.45) is 0 Å². The summed E-state index contributed by atoms with van der Waals surface area (Å²) in [5.41, 5.74) is 1.62. The highest BCUT2D eigenvalue weighted by molar-refractivity contribution is 5.97. The molecule has 9 nitrogen and oxygen atoms in total. The fraction of sp³-hybridized carbons (Fsp3) is 0.350. The Balaban J connectivity index is 1.52. The van der Waals surface area contributed by atoms with Gasteiger partial charge < -0.3 is 9.64 Å². The van der Waals surface area contributed by atoms with Gasteiger partial charge in [-0.1, -0.05) is 12.1 Å². The van der Waals surface area contributed by atoms with Crippen LogP contribution in [0.2, 0.25) is 0 Å². The minimum absolute atomic E-state index is 0.00543. The molecule has 0 spiro atoms. The number of para-hydroxylation sites is 1. The number of hydrogen-bond donors (Lipinski definition) is 0. The first-order chi connectivity index (χ1) is 14.2. The topological polar surface area (TPSA) is 95.1 Å². The van der Waals surface area contributed by atoms with Crippen molar-refractivity contribution in [3.05, 3.63) is 60.2 Å². The third kappa shape index (κ3) is 3.89. The Hall–Kier alpha value is -3.49. The van der Waals surface area contributed by atoms with Crippen LogP contribution in [-0.2, 0) is 4.74 Å². The molecule has 150 valence electrons. The van der Waals surface area contributed by atoms with Crippen LogP contribution in [0.25, 0.3) is 5.69 Å². The van der Waals surface area contributed by atoms with Gasteiger partial charge >= 0.3 is 5.97 Å². The van der Waals surface area contributed by atoms with Gasteiger partial charge in [0.25, 0.3) is 5.91 Å². The van der Waals surface area contributed by atoms with Crippen molar-refractivity contribution in [3.8, 4) is 5.69 Å². The van der Waals surface area contributed by atoms with Gasteiger partial charge in [-0.3, -0.25) is 9.48 Å². The summed E-state index contributed by atoms with van der Waals surface area (Å²) < 4.78 is 6.78. The van der Waals surface area contributed by atoms with E-state index in [1.54, 1.807) is 36.3 Å². The fourth-order valence-electron chi connectivity index (χ4n) is 3.55. The van der Waals surface area contributed by atoms with E-state index in [1.807, 2.05) is 23.1 Å². The summed E-state index contributed by atoms with van der Waals surface area (Å²) in [4.78, 5) is 28.4. The summed E-state index contributed by atoms with van der Waals surface area (Å²) >= 11 is 0. The maximum atomic E-state index is 13.2. The number of piperidine rings is 1. The zero-order valence-electron chi connectivity index (χ0n) is 16.1. The Labute approximate surface area is 167 Å². The first-order valence-corrected chi connectivity index (χ1v) is 9.63. The van der Waals surface area contributed by atoms with E-state index >= 15 is 0 Å². The number of nitrogens with zero attached hydrogens (tertiary/aromatic N) is 6. The standard InChI is InChI=1S/C20H22N6O3/c1-2-29-20(28)15-12-23-25(13-15)16-6-5-11-24(14-16)19(27)17-7-3-4-8-18(17)26-21-9-10-22-26/h3-4,7-10,12-13,16H,2,5-6,11,14H2,1H3. The largest absolute Gasteiger partial charge is 0.462 e. The van der Waals surface area contributed by atoms with Crippen LogP contribution >= 0.6 is 0 Å². The lowest BCUT2D eigenvalue weighted by Gasteiger charge is -2.33. The number of carbonyl (C=O) groups excluding carboxylic acids is 2. The normalized spacial score (nSPS) is 16.6. The Morgan fingerprint density at radius 1 is 1.17 bits per heavy atom. The number of hydrogen-bond acceptors (Lipinski definition) is 6. The van der Waals surface area contributed by atoms with Crippen LogP contribution in [0.15, 0.2) is 49.1 Å². The molecule has 1 fully saturated rings. The van der Waals surface area contributed by atoms with E-state index in [2.05, 4.69) is 15.3 Å². The summed E-state index contributed by atoms with van der Waals surface area (Å²) in [5, 5.41) is 12.6. The Morgan fingerprint density at radius 2 is 1.97 bits per heavy atom. The first kappa shape index (κ1) is 18.9. The molecule has 29 heavy (non-hydrogen) atoms. The van der Waals surface area contributed by atoms with Crippen molar-refractivity contribution < 1.29 is 14.3 Å². The number of ether oxygens (including phenoxy) is 1. The third-order valence-electron chi connectivity index (χ3n) is 4.94. The smallest absolute Gasteiger partial charge is 0.341 e. The van der Waals surface area contributed by atoms with Crippen molar-refractivity contribution in [1.82, 2.24) is 29.7 Å². The average molecular weight is 394 g/mol. The summed E-state index contributed by atoms with van der Waals surface area (Å²) in [7, 11) is 0. The number of rotatable bonds is 5. The number of esters is 1. The third-order valence-corrected chi connectivity index (χ3v) is 4.94. The molecule has 1 unspecified atom stereocenters. The summed E-state index contributed by atoms with van der Waals surface area (Å²) in [6, 6.07) is 7.31. The molecular weight excluding hydrogens is 372 g/mol. The van der Waals surface area contributed by atoms with Gasteiger partial charge in [0.2, 0.25) is 0 Å². The molecule has 0 N–H and O–H groups in total. The predicted molar refractivity (Wildman–Crippen MR) is 104 cm³/mol. The van der Waals surface area contributed by atoms with Crippen molar-refractivity contribution in [2.45, 2.75) is 25.8 Å². The number of amides is 1. The van der Waals surface area contributed by atoms with Crippen LogP contribution in [0, 0.1) is 0 Å². The Morgan fingerprint density at radius 3 is 2.76 bits per heavy atom. The second-order valence-corrected chi connectivity index (χ2v) is 6.81. The van der Waals surface area contributed by atoms with Gasteiger partial charge in [0.15, 0.2) is 0 Å². The fourth-order valence-corrected chi connectivity index (χ4v) is 3.55. The molecule has 4 rings (SSSR count). The molecule has 0 bridgehead atoms. The van der Waals surface area contributed by atoms with Crippen LogP contribution in [0.1, 0.15) is 46.5 Å². The quantitative estimate of drug-likeness (QED) is 0.615. The molecule has 1 aliphatic rings. The Kier molecular flexibility index (Phi) is 5.37. The van der Waals surface area contributed by atoms with E-state index < -0.39 is 0 Å². The first-order valence-electron chi connectivity index (χ1n) is 9.63. The number of benzene rings is 1. The molecule has 9 heteroatoms. The van der Waals surface area contributed by atoms with Gasteiger partial charge in [-0.2, -0.15) is 20.1 Å². The SMILES string of the molecule is CCOC(=O)c1cnn(C2CCCN(C(=O)c3ccccc3-n3nccn3)C2)c1. The van der Waals surface area contributed by atoms with Gasteiger partial charge in [0, 0.05) is 19.3 Å². The summed E-state index contributed by atoms with van der Waals surface area (Å²) in [6.07, 6.45) is 8.10. The minimum atomic E-state index is -0.386. The number of likely N-dealkylation sites (tertiary alicyclic amines) is 1. The molecule has 3 heterocycles. The van der Waals surface area contributed by atoms with Gasteiger partial charge in [0.05, 0.1) is 48.1 Å². The second kappa shape index (κ2) is 8.26. The highest BCUT2D eigenvalue weighted by atomic mass is 16.5. The van der Waals surface area contributed by atoms with E-state index in [-0.39, 0.29) is 17.9 Å². The monoisotopic (exact) mass is 394 g/mol. The van der Waals surface area contributed by atoms with E-state index in [9.17, 15) is 9.59 Å². The van der Waals surface area contributed by atoms with Crippen molar-refractivity contribution >= 4 is 11.9 Å². The van der Waals surface area contributed by atoms with E-state index in [0.717, 1.165) is 12.8 Å². The van der Waals surface area contributed by atoms with Gasteiger partial charge in [0.1, 0.15) is 0 Å². The number of carbonyl (C=O) groups is 2. The highest BCUT2D eigenvalue weighted by Gasteiger charge is 2.28. The molecule has 2 aromatic heterocycles. The van der Waals surface area contributed by atoms with Gasteiger partial charge in [-0.25, -0.2) is 4.79 Å². The van der Waals surface area contributed by atoms with Crippen LogP contribution in [0.3, 0.4) is 0 Å². The zero-order valence-corrected chi connectivity index (χ0v) is 16.1. The lowest BCUT2D eigenvalue weighted by atomic mass is 10.0. The van der Waals surface area contributed by atoms with Crippen LogP contribution in [0.5, 0.6) is 0 Å². The van der Waals surface area contributed by atoms with E-state index in [1.165, 1.54) is 11.0 Å². The van der Waals surface area contributed by atoms with Gasteiger partial charge in [-0.05, 0) is 31.9 Å². The van der Waals surface area contributed by atoms with Crippen molar-refractivity contribution in [3.63, 3.8) is 0 Å². The molecule has 1 aromatic carbocycles. The molecule has 1 atom stereocenters. The van der Waals surface area contributed by atoms with Crippen LogP contribution in [-0.4, -0.2) is 61.2 Å². The molecule has 1 saturated heterocycles. The van der Waals surface area contributed by atoms with Crippen LogP contribution < -0.4 is 0 Å². The molecular formula is C20H22N6O3. The molecule has 0 saturated carbocycles. The van der Waals surface area contributed by atoms with E-state index in [0.29, 0.717) is 36.5 Å². The van der Waals surface area contributed by atoms with Crippen molar-refractivity contribution in [1.29, 1.82) is 0 Å². The van der Waals surface area contributed by atoms with Crippen LogP contribution in [0.4, 0.5) is 0 Å². The Bertz CT molecular complexity index is 997.